The van der Waals surface area contributed by atoms with E-state index in [1.807, 2.05) is 37.3 Å². The molecule has 1 atom stereocenters. The number of amides is 2. The largest absolute Gasteiger partial charge is 0.493 e. The topological polar surface area (TPSA) is 114 Å². The maximum absolute atomic E-state index is 13.8. The fourth-order valence-corrected chi connectivity index (χ4v) is 5.66. The second kappa shape index (κ2) is 13.0. The molecule has 4 aromatic carbocycles. The third kappa shape index (κ3) is 6.85. The highest BCUT2D eigenvalue weighted by Gasteiger charge is 2.29. The minimum Gasteiger partial charge on any atom is -0.493 e. The molecule has 41 heavy (non-hydrogen) atoms. The van der Waals surface area contributed by atoms with Crippen molar-refractivity contribution in [3.63, 3.8) is 0 Å². The van der Waals surface area contributed by atoms with E-state index in [1.54, 1.807) is 54.6 Å². The van der Waals surface area contributed by atoms with Gasteiger partial charge in [0.25, 0.3) is 15.9 Å². The third-order valence-corrected chi connectivity index (χ3v) is 8.14. The number of hydrogen-bond acceptors (Lipinski definition) is 6. The third-order valence-electron chi connectivity index (χ3n) is 6.37. The summed E-state index contributed by atoms with van der Waals surface area (Å²) >= 11 is 0. The van der Waals surface area contributed by atoms with Crippen LogP contribution in [0.3, 0.4) is 0 Å². The first kappa shape index (κ1) is 29.2. The van der Waals surface area contributed by atoms with E-state index in [2.05, 4.69) is 10.6 Å². The number of nitrogens with one attached hydrogen (secondary N) is 2. The summed E-state index contributed by atoms with van der Waals surface area (Å²) in [5.74, 6) is -0.410. The van der Waals surface area contributed by atoms with E-state index in [9.17, 15) is 18.0 Å². The molecule has 0 heterocycles. The van der Waals surface area contributed by atoms with Crippen molar-refractivity contribution in [2.24, 2.45) is 0 Å². The molecule has 0 saturated carbocycles. The lowest BCUT2D eigenvalue weighted by atomic mass is 10.1. The van der Waals surface area contributed by atoms with E-state index in [1.165, 1.54) is 32.4 Å². The minimum absolute atomic E-state index is 0.0820. The number of rotatable bonds is 11. The number of anilines is 2. The highest BCUT2D eigenvalue weighted by atomic mass is 32.2. The van der Waals surface area contributed by atoms with Crippen LogP contribution in [0.2, 0.25) is 0 Å². The molecule has 212 valence electrons. The molecule has 2 N–H and O–H groups in total. The number of sulfonamides is 1. The predicted octanol–water partition coefficient (Wildman–Crippen LogP) is 5.03. The van der Waals surface area contributed by atoms with Crippen LogP contribution in [0.5, 0.6) is 11.5 Å². The van der Waals surface area contributed by atoms with E-state index in [4.69, 9.17) is 9.47 Å². The minimum atomic E-state index is -4.21. The van der Waals surface area contributed by atoms with Crippen LogP contribution in [-0.2, 0) is 14.8 Å². The van der Waals surface area contributed by atoms with Gasteiger partial charge in [-0.05, 0) is 48.9 Å². The molecule has 9 nitrogen and oxygen atoms in total. The standard InChI is InChI=1S/C31H31N3O6S/c1-22(23-12-6-4-7-13-23)32-31(36)26-16-10-11-17-27(26)33-30(35)21-34(24-14-8-5-9-15-24)41(37,38)25-18-19-28(39-2)29(20-25)40-3/h4-20,22H,21H2,1-3H3,(H,32,36)(H,33,35). The molecule has 4 aromatic rings. The quantitative estimate of drug-likeness (QED) is 0.260. The second-order valence-electron chi connectivity index (χ2n) is 9.06. The van der Waals surface area contributed by atoms with Crippen molar-refractivity contribution in [1.82, 2.24) is 5.32 Å². The number of para-hydroxylation sites is 2. The van der Waals surface area contributed by atoms with Crippen molar-refractivity contribution in [3.8, 4) is 11.5 Å². The van der Waals surface area contributed by atoms with Crippen LogP contribution >= 0.6 is 0 Å². The van der Waals surface area contributed by atoms with Crippen LogP contribution in [0.4, 0.5) is 11.4 Å². The number of ether oxygens (including phenoxy) is 2. The molecular weight excluding hydrogens is 542 g/mol. The molecule has 0 radical (unpaired) electrons. The summed E-state index contributed by atoms with van der Waals surface area (Å²) in [6, 6.07) is 28.3. The first-order valence-electron chi connectivity index (χ1n) is 12.8. The summed E-state index contributed by atoms with van der Waals surface area (Å²) in [4.78, 5) is 26.4. The molecule has 0 fully saturated rings. The van der Waals surface area contributed by atoms with E-state index >= 15 is 0 Å². The number of methoxy groups -OCH3 is 2. The Morgan fingerprint density at radius 2 is 1.41 bits per heavy atom. The monoisotopic (exact) mass is 573 g/mol. The Kier molecular flexibility index (Phi) is 9.26. The van der Waals surface area contributed by atoms with Crippen LogP contribution in [-0.4, -0.2) is 41.0 Å². The smallest absolute Gasteiger partial charge is 0.264 e. The molecule has 10 heteroatoms. The van der Waals surface area contributed by atoms with Crippen LogP contribution in [0, 0.1) is 0 Å². The van der Waals surface area contributed by atoms with E-state index in [-0.39, 0.29) is 33.8 Å². The van der Waals surface area contributed by atoms with Gasteiger partial charge in [0, 0.05) is 6.07 Å². The van der Waals surface area contributed by atoms with Gasteiger partial charge >= 0.3 is 0 Å². The number of carbonyl (C=O) groups excluding carboxylic acids is 2. The van der Waals surface area contributed by atoms with Crippen molar-refractivity contribution in [2.45, 2.75) is 17.9 Å². The van der Waals surface area contributed by atoms with Gasteiger partial charge in [0.1, 0.15) is 6.54 Å². The maximum atomic E-state index is 13.8. The Morgan fingerprint density at radius 3 is 2.07 bits per heavy atom. The zero-order valence-electron chi connectivity index (χ0n) is 22.9. The first-order chi connectivity index (χ1) is 19.7. The summed E-state index contributed by atoms with van der Waals surface area (Å²) in [5, 5.41) is 5.66. The lowest BCUT2D eigenvalue weighted by molar-refractivity contribution is -0.114. The van der Waals surface area contributed by atoms with Crippen LogP contribution in [0.15, 0.2) is 108 Å². The zero-order valence-corrected chi connectivity index (χ0v) is 23.7. The molecule has 4 rings (SSSR count). The van der Waals surface area contributed by atoms with Gasteiger partial charge in [-0.3, -0.25) is 13.9 Å². The Morgan fingerprint density at radius 1 is 0.805 bits per heavy atom. The molecular formula is C31H31N3O6S. The van der Waals surface area contributed by atoms with Crippen molar-refractivity contribution in [3.05, 3.63) is 114 Å². The fourth-order valence-electron chi connectivity index (χ4n) is 4.22. The number of hydrogen-bond donors (Lipinski definition) is 2. The fraction of sp³-hybridized carbons (Fsp3) is 0.161. The predicted molar refractivity (Wildman–Crippen MR) is 158 cm³/mol. The molecule has 0 aliphatic carbocycles. The SMILES string of the molecule is COc1ccc(S(=O)(=O)N(CC(=O)Nc2ccccc2C(=O)NC(C)c2ccccc2)c2ccccc2)cc1OC. The molecule has 0 aliphatic rings. The normalized spacial score (nSPS) is 11.7. The van der Waals surface area contributed by atoms with Gasteiger partial charge < -0.3 is 20.1 Å². The highest BCUT2D eigenvalue weighted by Crippen LogP contribution is 2.32. The Bertz CT molecular complexity index is 1610. The molecule has 0 bridgehead atoms. The lowest BCUT2D eigenvalue weighted by Gasteiger charge is -2.25. The Balaban J connectivity index is 1.59. The number of carbonyl (C=O) groups is 2. The van der Waals surface area contributed by atoms with Gasteiger partial charge in [0.2, 0.25) is 5.91 Å². The lowest BCUT2D eigenvalue weighted by Crippen LogP contribution is -2.38. The van der Waals surface area contributed by atoms with Crippen molar-refractivity contribution >= 4 is 33.2 Å². The van der Waals surface area contributed by atoms with Crippen LogP contribution in [0.1, 0.15) is 28.9 Å². The molecule has 0 saturated heterocycles. The average Bonchev–Trinajstić information content (AvgIpc) is 3.00. The molecule has 1 unspecified atom stereocenters. The molecule has 2 amide bonds. The van der Waals surface area contributed by atoms with E-state index in [0.29, 0.717) is 11.4 Å². The summed E-state index contributed by atoms with van der Waals surface area (Å²) in [7, 11) is -1.36. The zero-order chi connectivity index (χ0) is 29.4. The maximum Gasteiger partial charge on any atom is 0.264 e. The van der Waals surface area contributed by atoms with Gasteiger partial charge in [0.05, 0.1) is 42.1 Å². The van der Waals surface area contributed by atoms with Gasteiger partial charge in [-0.1, -0.05) is 60.7 Å². The van der Waals surface area contributed by atoms with Gasteiger partial charge in [-0.2, -0.15) is 0 Å². The average molecular weight is 574 g/mol. The van der Waals surface area contributed by atoms with Crippen molar-refractivity contribution < 1.29 is 27.5 Å². The molecule has 0 spiro atoms. The first-order valence-corrected chi connectivity index (χ1v) is 14.2. The van der Waals surface area contributed by atoms with Gasteiger partial charge in [0.15, 0.2) is 11.5 Å². The van der Waals surface area contributed by atoms with Crippen LogP contribution < -0.4 is 24.4 Å². The van der Waals surface area contributed by atoms with E-state index < -0.39 is 22.5 Å². The molecule has 0 aromatic heterocycles. The van der Waals surface area contributed by atoms with Gasteiger partial charge in [-0.25, -0.2) is 8.42 Å². The second-order valence-corrected chi connectivity index (χ2v) is 10.9. The summed E-state index contributed by atoms with van der Waals surface area (Å²) in [6.45, 7) is 1.32. The van der Waals surface area contributed by atoms with Crippen LogP contribution in [0.25, 0.3) is 0 Å². The highest BCUT2D eigenvalue weighted by molar-refractivity contribution is 7.92. The van der Waals surface area contributed by atoms with Crippen molar-refractivity contribution in [1.29, 1.82) is 0 Å². The Hall–Kier alpha value is -4.83. The number of nitrogens with zero attached hydrogens (tertiary/aromatic N) is 1. The van der Waals surface area contributed by atoms with E-state index in [0.717, 1.165) is 9.87 Å². The summed E-state index contributed by atoms with van der Waals surface area (Å²) < 4.78 is 39.1. The number of benzene rings is 4. The van der Waals surface area contributed by atoms with Crippen molar-refractivity contribution in [2.75, 3.05) is 30.4 Å². The Labute approximate surface area is 239 Å². The van der Waals surface area contributed by atoms with Gasteiger partial charge in [-0.15, -0.1) is 0 Å². The summed E-state index contributed by atoms with van der Waals surface area (Å²) in [5.41, 5.74) is 1.73. The molecule has 0 aliphatic heterocycles. The summed E-state index contributed by atoms with van der Waals surface area (Å²) in [6.07, 6.45) is 0.